The molecule has 436 valence electrons. The number of aliphatic carboxylic acids is 3. The molecule has 4 atom stereocenters. The van der Waals surface area contributed by atoms with Gasteiger partial charge in [-0.2, -0.15) is 0 Å². The Morgan fingerprint density at radius 3 is 1.65 bits per heavy atom. The molecule has 10 N–H and O–H groups in total. The Bertz CT molecular complexity index is 1900. The molecule has 1 aliphatic heterocycles. The summed E-state index contributed by atoms with van der Waals surface area (Å²) in [4.78, 5) is 109. The number of carboxylic acid groups (broad SMARTS) is 3. The molecule has 0 radical (unpaired) electrons. The van der Waals surface area contributed by atoms with Crippen LogP contribution in [-0.2, 0) is 68.5 Å². The number of Topliss-reactive ketones (excluding diaryl/α,β-unsaturated/α-hetero) is 2. The molecular weight excluding hydrogens is 1040 g/mol. The number of amides is 4. The van der Waals surface area contributed by atoms with Gasteiger partial charge >= 0.3 is 17.9 Å². The predicted molar refractivity (Wildman–Crippen MR) is 289 cm³/mol. The summed E-state index contributed by atoms with van der Waals surface area (Å²) in [5.41, 5.74) is 0.667. The van der Waals surface area contributed by atoms with Crippen molar-refractivity contribution in [3.8, 4) is 5.75 Å². The summed E-state index contributed by atoms with van der Waals surface area (Å²) in [6, 6.07) is 2.39. The third-order valence-corrected chi connectivity index (χ3v) is 14.5. The summed E-state index contributed by atoms with van der Waals surface area (Å²) in [5.74, 6) is -4.75. The van der Waals surface area contributed by atoms with E-state index in [4.69, 9.17) is 24.1 Å². The molecule has 0 spiro atoms. The van der Waals surface area contributed by atoms with Gasteiger partial charge in [-0.05, 0) is 43.4 Å². The molecule has 25 heteroatoms. The van der Waals surface area contributed by atoms with Crippen LogP contribution >= 0.6 is 21.6 Å². The van der Waals surface area contributed by atoms with Crippen molar-refractivity contribution < 1.29 is 82.5 Å². The summed E-state index contributed by atoms with van der Waals surface area (Å²) in [5, 5.41) is 53.4. The topological polar surface area (TPSA) is 344 Å². The maximum absolute atomic E-state index is 13.4. The molecule has 0 aliphatic carbocycles. The molecule has 77 heavy (non-hydrogen) atoms. The smallest absolute Gasteiger partial charge is 0.326 e. The van der Waals surface area contributed by atoms with Crippen LogP contribution in [0.4, 0.5) is 0 Å². The molecule has 4 amide bonds. The maximum atomic E-state index is 13.4. The van der Waals surface area contributed by atoms with Crippen molar-refractivity contribution >= 4 is 74.7 Å². The van der Waals surface area contributed by atoms with E-state index >= 15 is 0 Å². The Morgan fingerprint density at radius 2 is 1.09 bits per heavy atom. The van der Waals surface area contributed by atoms with Crippen LogP contribution in [0.3, 0.4) is 0 Å². The second-order valence-electron chi connectivity index (χ2n) is 18.6. The zero-order valence-electron chi connectivity index (χ0n) is 44.4. The third-order valence-electron chi connectivity index (χ3n) is 12.1. The van der Waals surface area contributed by atoms with E-state index in [0.717, 1.165) is 51.4 Å². The Morgan fingerprint density at radius 1 is 0.584 bits per heavy atom. The zero-order valence-corrected chi connectivity index (χ0v) is 46.0. The first-order chi connectivity index (χ1) is 37.1. The highest BCUT2D eigenvalue weighted by atomic mass is 33.1. The van der Waals surface area contributed by atoms with Crippen LogP contribution in [0, 0.1) is 0 Å². The summed E-state index contributed by atoms with van der Waals surface area (Å²) >= 11 is 0. The van der Waals surface area contributed by atoms with Crippen LogP contribution < -0.4 is 31.9 Å². The Hall–Kier alpha value is -4.89. The third kappa shape index (κ3) is 36.8. The predicted octanol–water partition coefficient (Wildman–Crippen LogP) is 2.93. The van der Waals surface area contributed by atoms with Gasteiger partial charge in [-0.1, -0.05) is 111 Å². The van der Waals surface area contributed by atoms with E-state index in [1.807, 2.05) is 0 Å². The number of rotatable bonds is 46. The van der Waals surface area contributed by atoms with Crippen LogP contribution in [0.15, 0.2) is 24.3 Å². The highest BCUT2D eigenvalue weighted by Crippen LogP contribution is 2.24. The number of aromatic hydroxyl groups is 1. The molecule has 1 aromatic carbocycles. The molecule has 0 unspecified atom stereocenters. The largest absolute Gasteiger partial charge is 0.508 e. The number of unbranched alkanes of at least 4 members (excludes halogenated alkanes) is 13. The van der Waals surface area contributed by atoms with Crippen molar-refractivity contribution in [2.45, 2.75) is 146 Å². The van der Waals surface area contributed by atoms with Crippen LogP contribution in [0.1, 0.15) is 121 Å². The number of ether oxygens (including phenoxy) is 4. The molecule has 1 fully saturated rings. The molecule has 1 aromatic rings. The van der Waals surface area contributed by atoms with Crippen molar-refractivity contribution in [3.63, 3.8) is 0 Å². The Kier molecular flexibility index (Phi) is 39.0. The molecule has 23 nitrogen and oxygen atoms in total. The van der Waals surface area contributed by atoms with Gasteiger partial charge in [-0.15, -0.1) is 0 Å². The SMILES string of the molecule is O=C(O)CCCCCCCCCCCCCCCCC(=O)N[C@@H](CCC(=O)NCCOCCOCC(=O)NCCOCCOCC(=O)N[C@@H](Cc1ccc(O)cc1)C(=O)CN[C@H]1CSSC[C@@H](C(=O)O)NCC1=O)C(=O)O. The molecule has 1 saturated heterocycles. The van der Waals surface area contributed by atoms with Gasteiger partial charge in [0.25, 0.3) is 0 Å². The minimum absolute atomic E-state index is 0.0353. The minimum Gasteiger partial charge on any atom is -0.508 e. The van der Waals surface area contributed by atoms with Crippen LogP contribution in [-0.4, -0.2) is 188 Å². The minimum atomic E-state index is -1.20. The second kappa shape index (κ2) is 44.0. The average molecular weight is 1130 g/mol. The Balaban J connectivity index is 1.47. The number of benzene rings is 1. The number of nitrogens with one attached hydrogen (secondary N) is 6. The number of carbonyl (C=O) groups is 9. The Labute approximate surface area is 459 Å². The fraction of sp³-hybridized carbons (Fsp3) is 0.712. The first-order valence-corrected chi connectivity index (χ1v) is 29.3. The first kappa shape index (κ1) is 68.2. The zero-order chi connectivity index (χ0) is 56.3. The summed E-state index contributed by atoms with van der Waals surface area (Å²) in [7, 11) is 2.63. The van der Waals surface area contributed by atoms with Crippen molar-refractivity contribution in [1.29, 1.82) is 0 Å². The lowest BCUT2D eigenvalue weighted by atomic mass is 10.0. The lowest BCUT2D eigenvalue weighted by Gasteiger charge is -2.21. The van der Waals surface area contributed by atoms with E-state index in [-0.39, 0.29) is 146 Å². The van der Waals surface area contributed by atoms with Gasteiger partial charge in [-0.25, -0.2) is 4.79 Å². The second-order valence-corrected chi connectivity index (χ2v) is 21.1. The average Bonchev–Trinajstić information content (AvgIpc) is 3.48. The molecule has 0 saturated carbocycles. The summed E-state index contributed by atoms with van der Waals surface area (Å²) in [6.45, 7) is 0.0654. The molecule has 0 bridgehead atoms. The quantitative estimate of drug-likeness (QED) is 0.0331. The van der Waals surface area contributed by atoms with Gasteiger partial charge in [0, 0.05) is 43.9 Å². The number of carbonyl (C=O) groups excluding carboxylic acids is 6. The first-order valence-electron chi connectivity index (χ1n) is 26.8. The maximum Gasteiger partial charge on any atom is 0.326 e. The van der Waals surface area contributed by atoms with Gasteiger partial charge in [0.1, 0.15) is 31.0 Å². The van der Waals surface area contributed by atoms with Crippen LogP contribution in [0.25, 0.3) is 0 Å². The van der Waals surface area contributed by atoms with E-state index in [9.17, 15) is 58.5 Å². The number of hydrogen-bond acceptors (Lipinski definition) is 18. The van der Waals surface area contributed by atoms with Crippen molar-refractivity contribution in [3.05, 3.63) is 29.8 Å². The molecular formula is C52H84N6O17S2. The summed E-state index contributed by atoms with van der Waals surface area (Å²) < 4.78 is 21.6. The highest BCUT2D eigenvalue weighted by molar-refractivity contribution is 8.76. The number of ketones is 2. The molecule has 1 heterocycles. The van der Waals surface area contributed by atoms with Crippen LogP contribution in [0.5, 0.6) is 5.75 Å². The van der Waals surface area contributed by atoms with E-state index in [0.29, 0.717) is 17.7 Å². The number of hydrogen-bond donors (Lipinski definition) is 10. The fourth-order valence-electron chi connectivity index (χ4n) is 7.68. The van der Waals surface area contributed by atoms with E-state index in [1.54, 1.807) is 12.1 Å². The molecule has 2 rings (SSSR count). The highest BCUT2D eigenvalue weighted by Gasteiger charge is 2.28. The standard InChI is InChI=1S/C52H84N6O17S2/c59-39-19-17-38(18-20-39)31-41(44(60)32-55-42-36-76-77-37-43(52(70)71)56-33-45(42)61)58-49(65)35-75-30-28-73-26-24-54-48(64)34-74-29-27-72-25-23-53-46(62)22-21-40(51(68)69)57-47(63)15-13-11-9-7-5-3-1-2-4-6-8-10-12-14-16-50(66)67/h17-20,40-43,55-56,59H,1-16,21-37H2,(H,53,62)(H,54,64)(H,57,63)(H,58,65)(H,66,67)(H,68,69)(H,70,71)/t40-,41-,42-,43-/m0/s1. The lowest BCUT2D eigenvalue weighted by Crippen LogP contribution is -2.51. The number of phenols is 1. The normalized spacial score (nSPS) is 15.5. The molecule has 0 aromatic heterocycles. The number of phenolic OH excluding ortho intramolecular Hbond substituents is 1. The van der Waals surface area contributed by atoms with Gasteiger partial charge in [0.2, 0.25) is 23.6 Å². The van der Waals surface area contributed by atoms with Crippen LogP contribution in [0.2, 0.25) is 0 Å². The van der Waals surface area contributed by atoms with Gasteiger partial charge in [0.15, 0.2) is 11.6 Å². The van der Waals surface area contributed by atoms with E-state index in [1.165, 1.54) is 65.8 Å². The van der Waals surface area contributed by atoms with E-state index in [2.05, 4.69) is 31.9 Å². The lowest BCUT2D eigenvalue weighted by molar-refractivity contribution is -0.142. The summed E-state index contributed by atoms with van der Waals surface area (Å²) in [6.07, 6.45) is 15.3. The van der Waals surface area contributed by atoms with Crippen molar-refractivity contribution in [1.82, 2.24) is 31.9 Å². The van der Waals surface area contributed by atoms with Gasteiger partial charge < -0.3 is 60.6 Å². The van der Waals surface area contributed by atoms with Gasteiger partial charge in [0.05, 0.1) is 64.8 Å². The fourth-order valence-corrected chi connectivity index (χ4v) is 10.1. The van der Waals surface area contributed by atoms with Gasteiger partial charge in [-0.3, -0.25) is 49.0 Å². The monoisotopic (exact) mass is 1130 g/mol. The van der Waals surface area contributed by atoms with E-state index < -0.39 is 53.8 Å². The van der Waals surface area contributed by atoms with Crippen molar-refractivity contribution in [2.75, 3.05) is 90.5 Å². The number of carboxylic acids is 3. The van der Waals surface area contributed by atoms with Crippen molar-refractivity contribution in [2.24, 2.45) is 0 Å². The molecule has 1 aliphatic rings.